The zero-order valence-electron chi connectivity index (χ0n) is 8.52. The first-order valence-electron chi connectivity index (χ1n) is 4.38. The van der Waals surface area contributed by atoms with Gasteiger partial charge in [-0.3, -0.25) is 0 Å². The van der Waals surface area contributed by atoms with E-state index in [1.807, 2.05) is 0 Å². The highest BCUT2D eigenvalue weighted by atomic mass is 19.2. The smallest absolute Gasteiger partial charge is 0.450 e. The largest absolute Gasteiger partial charge is 0.506 e. The lowest BCUT2D eigenvalue weighted by atomic mass is 9.87. The standard InChI is InChI=1S/C10H5F5O3/c1-2-3-10(18-9(16)17)7(14)5(12)4(11)6(13)8(10)15/h1,7H,3H2,(H,16,17). The molecule has 2 atom stereocenters. The summed E-state index contributed by atoms with van der Waals surface area (Å²) < 4.78 is 69.5. The van der Waals surface area contributed by atoms with Crippen molar-refractivity contribution in [1.82, 2.24) is 0 Å². The third kappa shape index (κ3) is 1.92. The molecule has 0 heterocycles. The molecule has 0 aliphatic heterocycles. The summed E-state index contributed by atoms with van der Waals surface area (Å²) in [5.74, 6) is -7.70. The number of terminal acetylenes is 1. The summed E-state index contributed by atoms with van der Waals surface area (Å²) in [5.41, 5.74) is -3.25. The van der Waals surface area contributed by atoms with E-state index in [-0.39, 0.29) is 0 Å². The molecule has 2 unspecified atom stereocenters. The minimum atomic E-state index is -3.25. The monoisotopic (exact) mass is 268 g/mol. The van der Waals surface area contributed by atoms with Gasteiger partial charge in [-0.25, -0.2) is 26.7 Å². The van der Waals surface area contributed by atoms with Crippen molar-refractivity contribution in [3.63, 3.8) is 0 Å². The lowest BCUT2D eigenvalue weighted by Gasteiger charge is -2.33. The van der Waals surface area contributed by atoms with E-state index in [0.717, 1.165) is 0 Å². The second-order valence-corrected chi connectivity index (χ2v) is 3.29. The molecule has 98 valence electrons. The van der Waals surface area contributed by atoms with Crippen molar-refractivity contribution in [2.45, 2.75) is 18.2 Å². The molecular formula is C10H5F5O3. The molecule has 1 aliphatic carbocycles. The Bertz CT molecular complexity index is 490. The fourth-order valence-electron chi connectivity index (χ4n) is 1.42. The number of ether oxygens (including phenoxy) is 1. The van der Waals surface area contributed by atoms with Gasteiger partial charge in [0.15, 0.2) is 23.3 Å². The van der Waals surface area contributed by atoms with Crippen molar-refractivity contribution in [2.24, 2.45) is 0 Å². The average molecular weight is 268 g/mol. The van der Waals surface area contributed by atoms with E-state index in [1.54, 1.807) is 5.92 Å². The SMILES string of the molecule is C#CCC1(OC(=O)O)C(F)=C(F)C(F)=C(F)C1F. The minimum absolute atomic E-state index is 1.14. The summed E-state index contributed by atoms with van der Waals surface area (Å²) in [5, 5.41) is 8.33. The van der Waals surface area contributed by atoms with Crippen LogP contribution in [0.15, 0.2) is 23.3 Å². The lowest BCUT2D eigenvalue weighted by Crippen LogP contribution is -2.47. The second-order valence-electron chi connectivity index (χ2n) is 3.29. The third-order valence-corrected chi connectivity index (χ3v) is 2.23. The zero-order valence-corrected chi connectivity index (χ0v) is 8.52. The van der Waals surface area contributed by atoms with Crippen LogP contribution in [0.4, 0.5) is 26.7 Å². The molecule has 0 fully saturated rings. The van der Waals surface area contributed by atoms with E-state index < -0.39 is 47.7 Å². The highest BCUT2D eigenvalue weighted by Crippen LogP contribution is 2.45. The summed E-state index contributed by atoms with van der Waals surface area (Å²) in [7, 11) is 0. The number of alkyl halides is 1. The van der Waals surface area contributed by atoms with Crippen LogP contribution < -0.4 is 0 Å². The van der Waals surface area contributed by atoms with E-state index in [1.165, 1.54) is 0 Å². The van der Waals surface area contributed by atoms with E-state index in [2.05, 4.69) is 4.74 Å². The molecule has 8 heteroatoms. The molecule has 0 saturated carbocycles. The van der Waals surface area contributed by atoms with Gasteiger partial charge in [0.05, 0.1) is 6.42 Å². The molecule has 0 aromatic heterocycles. The zero-order chi connectivity index (χ0) is 14.1. The Balaban J connectivity index is 3.44. The molecule has 18 heavy (non-hydrogen) atoms. The first-order valence-corrected chi connectivity index (χ1v) is 4.38. The van der Waals surface area contributed by atoms with Crippen LogP contribution >= 0.6 is 0 Å². The molecule has 0 aromatic rings. The maximum Gasteiger partial charge on any atom is 0.506 e. The van der Waals surface area contributed by atoms with Crippen LogP contribution in [0.2, 0.25) is 0 Å². The minimum Gasteiger partial charge on any atom is -0.450 e. The number of carboxylic acid groups (broad SMARTS) is 1. The van der Waals surface area contributed by atoms with E-state index in [4.69, 9.17) is 11.5 Å². The Hall–Kier alpha value is -2.04. The number of carbonyl (C=O) groups is 1. The van der Waals surface area contributed by atoms with Crippen LogP contribution in [-0.4, -0.2) is 23.0 Å². The molecule has 0 amide bonds. The Labute approximate surface area is 97.5 Å². The first kappa shape index (κ1) is 14.0. The summed E-state index contributed by atoms with van der Waals surface area (Å²) >= 11 is 0. The Morgan fingerprint density at radius 1 is 1.39 bits per heavy atom. The van der Waals surface area contributed by atoms with Gasteiger partial charge in [0.2, 0.25) is 11.8 Å². The molecule has 0 radical (unpaired) electrons. The number of halogens is 5. The van der Waals surface area contributed by atoms with Gasteiger partial charge in [0.1, 0.15) is 0 Å². The van der Waals surface area contributed by atoms with Gasteiger partial charge >= 0.3 is 6.16 Å². The fraction of sp³-hybridized carbons (Fsp3) is 0.300. The predicted octanol–water partition coefficient (Wildman–Crippen LogP) is 3.10. The topological polar surface area (TPSA) is 46.5 Å². The molecule has 0 saturated heterocycles. The second kappa shape index (κ2) is 4.68. The van der Waals surface area contributed by atoms with Gasteiger partial charge in [-0.1, -0.05) is 0 Å². The van der Waals surface area contributed by atoms with Crippen LogP contribution in [-0.2, 0) is 4.74 Å². The summed E-state index contributed by atoms with van der Waals surface area (Å²) in [6.45, 7) is 0. The van der Waals surface area contributed by atoms with Gasteiger partial charge in [0.25, 0.3) is 0 Å². The van der Waals surface area contributed by atoms with E-state index in [9.17, 15) is 26.7 Å². The highest BCUT2D eigenvalue weighted by molar-refractivity contribution is 5.59. The van der Waals surface area contributed by atoms with Crippen LogP contribution in [0.5, 0.6) is 0 Å². The van der Waals surface area contributed by atoms with Crippen molar-refractivity contribution in [1.29, 1.82) is 0 Å². The number of hydrogen-bond acceptors (Lipinski definition) is 2. The van der Waals surface area contributed by atoms with Gasteiger partial charge in [-0.15, -0.1) is 12.3 Å². The van der Waals surface area contributed by atoms with Crippen molar-refractivity contribution < 1.29 is 36.6 Å². The van der Waals surface area contributed by atoms with Gasteiger partial charge < -0.3 is 9.84 Å². The maximum atomic E-state index is 13.5. The van der Waals surface area contributed by atoms with Gasteiger partial charge in [-0.05, 0) is 0 Å². The van der Waals surface area contributed by atoms with Crippen molar-refractivity contribution in [3.8, 4) is 12.3 Å². The van der Waals surface area contributed by atoms with E-state index in [0.29, 0.717) is 0 Å². The fourth-order valence-corrected chi connectivity index (χ4v) is 1.42. The highest BCUT2D eigenvalue weighted by Gasteiger charge is 2.56. The third-order valence-electron chi connectivity index (χ3n) is 2.23. The van der Waals surface area contributed by atoms with Gasteiger partial charge in [-0.2, -0.15) is 0 Å². The maximum absolute atomic E-state index is 13.5. The number of hydrogen-bond donors (Lipinski definition) is 1. The lowest BCUT2D eigenvalue weighted by molar-refractivity contribution is -0.0538. The number of allylic oxidation sites excluding steroid dienone is 2. The summed E-state index contributed by atoms with van der Waals surface area (Å²) in [6, 6.07) is 0. The van der Waals surface area contributed by atoms with Crippen LogP contribution in [0.25, 0.3) is 0 Å². The predicted molar refractivity (Wildman–Crippen MR) is 48.7 cm³/mol. The van der Waals surface area contributed by atoms with Crippen LogP contribution in [0.3, 0.4) is 0 Å². The first-order chi connectivity index (χ1) is 8.27. The molecule has 0 bridgehead atoms. The molecular weight excluding hydrogens is 263 g/mol. The molecule has 1 aliphatic rings. The van der Waals surface area contributed by atoms with Crippen molar-refractivity contribution in [3.05, 3.63) is 23.3 Å². The average Bonchev–Trinajstić information content (AvgIpc) is 2.31. The molecule has 0 spiro atoms. The quantitative estimate of drug-likeness (QED) is 0.475. The molecule has 0 aromatic carbocycles. The Kier molecular flexibility index (Phi) is 3.65. The summed E-state index contributed by atoms with van der Waals surface area (Å²) in [6.07, 6.45) is -1.82. The molecule has 3 nitrogen and oxygen atoms in total. The van der Waals surface area contributed by atoms with E-state index >= 15 is 0 Å². The summed E-state index contributed by atoms with van der Waals surface area (Å²) in [4.78, 5) is 10.3. The van der Waals surface area contributed by atoms with Crippen LogP contribution in [0.1, 0.15) is 6.42 Å². The Morgan fingerprint density at radius 3 is 2.39 bits per heavy atom. The Morgan fingerprint density at radius 2 is 1.94 bits per heavy atom. The van der Waals surface area contributed by atoms with Crippen molar-refractivity contribution >= 4 is 6.16 Å². The molecule has 1 N–H and O–H groups in total. The number of rotatable bonds is 2. The molecule has 1 rings (SSSR count). The van der Waals surface area contributed by atoms with Crippen LogP contribution in [0, 0.1) is 12.3 Å². The van der Waals surface area contributed by atoms with Gasteiger partial charge in [0, 0.05) is 0 Å². The van der Waals surface area contributed by atoms with Crippen molar-refractivity contribution in [2.75, 3.05) is 0 Å². The normalized spacial score (nSPS) is 28.1.